The first-order chi connectivity index (χ1) is 13.2. The fourth-order valence-electron chi connectivity index (χ4n) is 3.17. The van der Waals surface area contributed by atoms with Gasteiger partial charge in [0.05, 0.1) is 5.92 Å². The van der Waals surface area contributed by atoms with E-state index in [0.717, 1.165) is 16.9 Å². The average molecular weight is 356 g/mol. The second-order valence-corrected chi connectivity index (χ2v) is 6.13. The largest absolute Gasteiger partial charge is 0.508 e. The highest BCUT2D eigenvalue weighted by Crippen LogP contribution is 2.43. The molecule has 0 amide bonds. The van der Waals surface area contributed by atoms with Crippen LogP contribution in [0.2, 0.25) is 0 Å². The molecule has 3 aromatic rings. The van der Waals surface area contributed by atoms with E-state index < -0.39 is 5.92 Å². The molecule has 5 heteroatoms. The normalized spacial score (nSPS) is 15.4. The number of rotatable bonds is 3. The van der Waals surface area contributed by atoms with Crippen LogP contribution in [-0.2, 0) is 0 Å². The first-order valence-corrected chi connectivity index (χ1v) is 8.39. The fraction of sp³-hybridized carbons (Fsp3) is 0.0455. The van der Waals surface area contributed by atoms with Gasteiger partial charge in [-0.3, -0.25) is 0 Å². The van der Waals surface area contributed by atoms with Crippen molar-refractivity contribution in [1.82, 2.24) is 0 Å². The fourth-order valence-corrected chi connectivity index (χ4v) is 3.17. The molecule has 0 radical (unpaired) electrons. The van der Waals surface area contributed by atoms with Gasteiger partial charge in [0.1, 0.15) is 34.6 Å². The lowest BCUT2D eigenvalue weighted by molar-refractivity contribution is 0.388. The molecule has 1 heterocycles. The standard InChI is InChI=1S/C22H16N2O3/c23-13-19-21(18-10-9-15(25)12-20(18)27-22(19)24)14-5-4-8-17(11-14)26-16-6-2-1-3-7-16/h1-12,21,25H,24H2. The number of hydrogen-bond donors (Lipinski definition) is 2. The van der Waals surface area contributed by atoms with Crippen LogP contribution in [0.15, 0.2) is 84.3 Å². The van der Waals surface area contributed by atoms with Crippen LogP contribution in [0.3, 0.4) is 0 Å². The Bertz CT molecular complexity index is 1070. The summed E-state index contributed by atoms with van der Waals surface area (Å²) in [6, 6.07) is 23.9. The molecule has 3 N–H and O–H groups in total. The van der Waals surface area contributed by atoms with Crippen LogP contribution in [0.4, 0.5) is 0 Å². The highest BCUT2D eigenvalue weighted by molar-refractivity contribution is 5.57. The second-order valence-electron chi connectivity index (χ2n) is 6.13. The minimum absolute atomic E-state index is 0.0370. The maximum absolute atomic E-state index is 9.74. The van der Waals surface area contributed by atoms with Crippen molar-refractivity contribution in [2.75, 3.05) is 0 Å². The molecule has 1 atom stereocenters. The number of para-hydroxylation sites is 1. The monoisotopic (exact) mass is 356 g/mol. The predicted octanol–water partition coefficient (Wildman–Crippen LogP) is 4.40. The summed E-state index contributed by atoms with van der Waals surface area (Å²) in [5.74, 6) is 1.52. The number of allylic oxidation sites excluding steroid dienone is 1. The molecule has 0 fully saturated rings. The van der Waals surface area contributed by atoms with E-state index in [1.54, 1.807) is 12.1 Å². The Labute approximate surface area is 156 Å². The van der Waals surface area contributed by atoms with E-state index in [0.29, 0.717) is 17.1 Å². The molecule has 27 heavy (non-hydrogen) atoms. The van der Waals surface area contributed by atoms with Gasteiger partial charge in [-0.1, -0.05) is 36.4 Å². The van der Waals surface area contributed by atoms with Gasteiger partial charge in [0, 0.05) is 11.6 Å². The van der Waals surface area contributed by atoms with Gasteiger partial charge in [-0.05, 0) is 35.9 Å². The van der Waals surface area contributed by atoms with E-state index in [-0.39, 0.29) is 11.6 Å². The molecule has 0 aromatic heterocycles. The lowest BCUT2D eigenvalue weighted by Crippen LogP contribution is -2.20. The van der Waals surface area contributed by atoms with Crippen molar-refractivity contribution in [3.63, 3.8) is 0 Å². The molecule has 0 saturated carbocycles. The van der Waals surface area contributed by atoms with Crippen molar-refractivity contribution >= 4 is 0 Å². The minimum Gasteiger partial charge on any atom is -0.508 e. The summed E-state index contributed by atoms with van der Waals surface area (Å²) in [7, 11) is 0. The Morgan fingerprint density at radius 1 is 0.963 bits per heavy atom. The van der Waals surface area contributed by atoms with Gasteiger partial charge in [0.2, 0.25) is 5.88 Å². The topological polar surface area (TPSA) is 88.5 Å². The molecule has 3 aromatic carbocycles. The lowest BCUT2D eigenvalue weighted by Gasteiger charge is -2.26. The molecule has 0 aliphatic carbocycles. The number of aromatic hydroxyl groups is 1. The van der Waals surface area contributed by atoms with Gasteiger partial charge < -0.3 is 20.3 Å². The molecule has 5 nitrogen and oxygen atoms in total. The van der Waals surface area contributed by atoms with Crippen molar-refractivity contribution in [3.05, 3.63) is 95.4 Å². The molecule has 132 valence electrons. The molecule has 4 rings (SSSR count). The molecule has 1 aliphatic heterocycles. The number of phenols is 1. The zero-order valence-electron chi connectivity index (χ0n) is 14.3. The molecule has 1 unspecified atom stereocenters. The second kappa shape index (κ2) is 6.77. The molecule has 0 saturated heterocycles. The van der Waals surface area contributed by atoms with Gasteiger partial charge in [0.15, 0.2) is 0 Å². The Morgan fingerprint density at radius 2 is 1.74 bits per heavy atom. The van der Waals surface area contributed by atoms with E-state index in [1.807, 2.05) is 54.6 Å². The number of nitrogens with zero attached hydrogens (tertiary/aromatic N) is 1. The van der Waals surface area contributed by atoms with E-state index >= 15 is 0 Å². The van der Waals surface area contributed by atoms with E-state index in [2.05, 4.69) is 6.07 Å². The summed E-state index contributed by atoms with van der Waals surface area (Å²) in [5, 5.41) is 19.4. The number of nitrogens with two attached hydrogens (primary N) is 1. The quantitative estimate of drug-likeness (QED) is 0.726. The van der Waals surface area contributed by atoms with Crippen LogP contribution in [0, 0.1) is 11.3 Å². The molecular formula is C22H16N2O3. The van der Waals surface area contributed by atoms with Crippen LogP contribution in [-0.4, -0.2) is 5.11 Å². The van der Waals surface area contributed by atoms with Crippen LogP contribution >= 0.6 is 0 Å². The number of ether oxygens (including phenoxy) is 2. The Balaban J connectivity index is 1.78. The zero-order chi connectivity index (χ0) is 18.8. The third kappa shape index (κ3) is 3.16. The number of benzene rings is 3. The van der Waals surface area contributed by atoms with Crippen molar-refractivity contribution in [3.8, 4) is 29.1 Å². The van der Waals surface area contributed by atoms with Gasteiger partial charge in [-0.15, -0.1) is 0 Å². The van der Waals surface area contributed by atoms with Gasteiger partial charge >= 0.3 is 0 Å². The van der Waals surface area contributed by atoms with E-state index in [4.69, 9.17) is 15.2 Å². The lowest BCUT2D eigenvalue weighted by atomic mass is 9.83. The Kier molecular flexibility index (Phi) is 4.15. The van der Waals surface area contributed by atoms with E-state index in [1.165, 1.54) is 6.07 Å². The van der Waals surface area contributed by atoms with Crippen LogP contribution in [0.1, 0.15) is 17.0 Å². The summed E-state index contributed by atoms with van der Waals surface area (Å²) in [6.45, 7) is 0. The molecule has 0 bridgehead atoms. The highest BCUT2D eigenvalue weighted by atomic mass is 16.5. The predicted molar refractivity (Wildman–Crippen MR) is 100 cm³/mol. The average Bonchev–Trinajstić information content (AvgIpc) is 2.68. The third-order valence-corrected chi connectivity index (χ3v) is 4.37. The van der Waals surface area contributed by atoms with Crippen LogP contribution < -0.4 is 15.2 Å². The van der Waals surface area contributed by atoms with Crippen molar-refractivity contribution in [1.29, 1.82) is 5.26 Å². The molecule has 0 spiro atoms. The van der Waals surface area contributed by atoms with Gasteiger partial charge in [0.25, 0.3) is 0 Å². The van der Waals surface area contributed by atoms with Gasteiger partial charge in [-0.25, -0.2) is 0 Å². The third-order valence-electron chi connectivity index (χ3n) is 4.37. The SMILES string of the molecule is N#CC1=C(N)Oc2cc(O)ccc2C1c1cccc(Oc2ccccc2)c1. The smallest absolute Gasteiger partial charge is 0.205 e. The van der Waals surface area contributed by atoms with Crippen molar-refractivity contribution in [2.24, 2.45) is 5.73 Å². The van der Waals surface area contributed by atoms with Crippen LogP contribution in [0.5, 0.6) is 23.0 Å². The molecule has 1 aliphatic rings. The van der Waals surface area contributed by atoms with Crippen LogP contribution in [0.25, 0.3) is 0 Å². The summed E-state index contributed by atoms with van der Waals surface area (Å²) in [5.41, 5.74) is 7.90. The summed E-state index contributed by atoms with van der Waals surface area (Å²) in [6.07, 6.45) is 0. The molecular weight excluding hydrogens is 340 g/mol. The zero-order valence-corrected chi connectivity index (χ0v) is 14.3. The van der Waals surface area contributed by atoms with Gasteiger partial charge in [-0.2, -0.15) is 5.26 Å². The number of fused-ring (bicyclic) bond motifs is 1. The number of hydrogen-bond acceptors (Lipinski definition) is 5. The summed E-state index contributed by atoms with van der Waals surface area (Å²) >= 11 is 0. The summed E-state index contributed by atoms with van der Waals surface area (Å²) in [4.78, 5) is 0. The maximum Gasteiger partial charge on any atom is 0.205 e. The Morgan fingerprint density at radius 3 is 2.52 bits per heavy atom. The van der Waals surface area contributed by atoms with Crippen molar-refractivity contribution < 1.29 is 14.6 Å². The first kappa shape index (κ1) is 16.6. The van der Waals surface area contributed by atoms with E-state index in [9.17, 15) is 10.4 Å². The number of nitriles is 1. The highest BCUT2D eigenvalue weighted by Gasteiger charge is 2.31. The first-order valence-electron chi connectivity index (χ1n) is 8.39. The maximum atomic E-state index is 9.74. The minimum atomic E-state index is -0.404. The number of phenolic OH excluding ortho intramolecular Hbond substituents is 1. The Hall–Kier alpha value is -3.91. The summed E-state index contributed by atoms with van der Waals surface area (Å²) < 4.78 is 11.4. The van der Waals surface area contributed by atoms with Crippen molar-refractivity contribution in [2.45, 2.75) is 5.92 Å².